The Morgan fingerprint density at radius 2 is 2.28 bits per heavy atom. The fourth-order valence-electron chi connectivity index (χ4n) is 1.90. The number of unbranched alkanes of at least 4 members (excludes halogenated alkanes) is 1. The van der Waals surface area contributed by atoms with Crippen LogP contribution in [0.1, 0.15) is 25.0 Å². The first kappa shape index (κ1) is 12.8. The predicted molar refractivity (Wildman–Crippen MR) is 72.7 cm³/mol. The Labute approximate surface area is 110 Å². The lowest BCUT2D eigenvalue weighted by molar-refractivity contribution is -0.118. The molecule has 0 spiro atoms. The number of carbonyl (C=O) groups excluding carboxylic acids is 1. The molecule has 0 unspecified atom stereocenters. The second-order valence-corrected chi connectivity index (χ2v) is 4.72. The van der Waals surface area contributed by atoms with Crippen molar-refractivity contribution >= 4 is 29.3 Å². The minimum absolute atomic E-state index is 0.258. The Morgan fingerprint density at radius 3 is 3.00 bits per heavy atom. The van der Waals surface area contributed by atoms with E-state index in [4.69, 9.17) is 18.0 Å². The lowest BCUT2D eigenvalue weighted by Gasteiger charge is -2.03. The third kappa shape index (κ3) is 2.76. The van der Waals surface area contributed by atoms with E-state index in [1.165, 1.54) is 0 Å². The average molecular weight is 264 g/mol. The molecular formula is C12H16N4OS. The summed E-state index contributed by atoms with van der Waals surface area (Å²) in [5, 5.41) is 0. The van der Waals surface area contributed by atoms with E-state index in [-0.39, 0.29) is 5.91 Å². The number of primary amides is 1. The topological polar surface area (TPSA) is 76.7 Å². The molecule has 96 valence electrons. The summed E-state index contributed by atoms with van der Waals surface area (Å²) in [4.78, 5) is 18.3. The van der Waals surface area contributed by atoms with Crippen molar-refractivity contribution < 1.29 is 4.79 Å². The fraction of sp³-hybridized carbons (Fsp3) is 0.417. The van der Waals surface area contributed by atoms with Gasteiger partial charge < -0.3 is 15.3 Å². The molecule has 0 bridgehead atoms. The third-order valence-electron chi connectivity index (χ3n) is 2.81. The molecule has 0 radical (unpaired) electrons. The van der Waals surface area contributed by atoms with Gasteiger partial charge in [-0.25, -0.2) is 4.98 Å². The molecule has 0 aliphatic carbocycles. The maximum atomic E-state index is 10.7. The first-order chi connectivity index (χ1) is 8.58. The highest BCUT2D eigenvalue weighted by molar-refractivity contribution is 7.71. The number of imidazole rings is 1. The van der Waals surface area contributed by atoms with Crippen molar-refractivity contribution in [3.05, 3.63) is 22.6 Å². The van der Waals surface area contributed by atoms with Crippen molar-refractivity contribution in [2.45, 2.75) is 32.7 Å². The van der Waals surface area contributed by atoms with E-state index >= 15 is 0 Å². The molecule has 18 heavy (non-hydrogen) atoms. The molecule has 5 nitrogen and oxygen atoms in total. The normalized spacial score (nSPS) is 10.9. The molecule has 0 aromatic carbocycles. The standard InChI is InChI=1S/C12H16N4OS/c1-8-5-6-9-11(14-8)16(12(18)15-9)7-3-2-4-10(13)17/h5-6H,2-4,7H2,1H3,(H2,13,17)(H,15,18). The number of rotatable bonds is 5. The van der Waals surface area contributed by atoms with Crippen LogP contribution in [-0.2, 0) is 11.3 Å². The van der Waals surface area contributed by atoms with E-state index in [1.807, 2.05) is 23.6 Å². The molecule has 0 fully saturated rings. The van der Waals surface area contributed by atoms with Crippen LogP contribution < -0.4 is 5.73 Å². The van der Waals surface area contributed by atoms with E-state index < -0.39 is 0 Å². The van der Waals surface area contributed by atoms with Crippen molar-refractivity contribution in [3.63, 3.8) is 0 Å². The number of aromatic nitrogens is 3. The highest BCUT2D eigenvalue weighted by atomic mass is 32.1. The largest absolute Gasteiger partial charge is 0.370 e. The van der Waals surface area contributed by atoms with Gasteiger partial charge in [0.15, 0.2) is 10.4 Å². The first-order valence-corrected chi connectivity index (χ1v) is 6.33. The minimum Gasteiger partial charge on any atom is -0.370 e. The van der Waals surface area contributed by atoms with Gasteiger partial charge in [-0.2, -0.15) is 0 Å². The van der Waals surface area contributed by atoms with Crippen LogP contribution in [0.2, 0.25) is 0 Å². The summed E-state index contributed by atoms with van der Waals surface area (Å²) in [5.74, 6) is -0.258. The third-order valence-corrected chi connectivity index (χ3v) is 3.13. The summed E-state index contributed by atoms with van der Waals surface area (Å²) in [6.45, 7) is 2.70. The Balaban J connectivity index is 2.17. The summed E-state index contributed by atoms with van der Waals surface area (Å²) in [6.07, 6.45) is 2.05. The van der Waals surface area contributed by atoms with Crippen molar-refractivity contribution in [1.29, 1.82) is 0 Å². The van der Waals surface area contributed by atoms with E-state index in [0.29, 0.717) is 11.2 Å². The number of pyridine rings is 1. The maximum Gasteiger partial charge on any atom is 0.217 e. The quantitative estimate of drug-likeness (QED) is 0.641. The molecule has 0 aliphatic heterocycles. The average Bonchev–Trinajstić information content (AvgIpc) is 2.60. The molecule has 1 amide bonds. The highest BCUT2D eigenvalue weighted by Gasteiger charge is 2.05. The van der Waals surface area contributed by atoms with Crippen molar-refractivity contribution in [3.8, 4) is 0 Å². The van der Waals surface area contributed by atoms with Gasteiger partial charge in [0, 0.05) is 18.7 Å². The number of hydrogen-bond acceptors (Lipinski definition) is 3. The van der Waals surface area contributed by atoms with E-state index in [2.05, 4.69) is 9.97 Å². The second-order valence-electron chi connectivity index (χ2n) is 4.33. The van der Waals surface area contributed by atoms with Crippen LogP contribution >= 0.6 is 12.2 Å². The van der Waals surface area contributed by atoms with Gasteiger partial charge in [0.05, 0.1) is 5.52 Å². The molecule has 0 atom stereocenters. The molecule has 2 heterocycles. The van der Waals surface area contributed by atoms with Gasteiger partial charge >= 0.3 is 0 Å². The van der Waals surface area contributed by atoms with Crippen LogP contribution in [0.4, 0.5) is 0 Å². The van der Waals surface area contributed by atoms with Gasteiger partial charge in [0.25, 0.3) is 0 Å². The monoisotopic (exact) mass is 264 g/mol. The molecule has 2 aromatic heterocycles. The number of nitrogens with zero attached hydrogens (tertiary/aromatic N) is 2. The summed E-state index contributed by atoms with van der Waals surface area (Å²) in [6, 6.07) is 3.93. The van der Waals surface area contributed by atoms with Crippen LogP contribution in [0.15, 0.2) is 12.1 Å². The van der Waals surface area contributed by atoms with Gasteiger partial charge in [-0.15, -0.1) is 0 Å². The van der Waals surface area contributed by atoms with Crippen LogP contribution in [-0.4, -0.2) is 20.4 Å². The SMILES string of the molecule is Cc1ccc2[nH]c(=S)n(CCCCC(N)=O)c2n1. The minimum atomic E-state index is -0.258. The smallest absolute Gasteiger partial charge is 0.217 e. The zero-order valence-electron chi connectivity index (χ0n) is 10.3. The fourth-order valence-corrected chi connectivity index (χ4v) is 2.19. The summed E-state index contributed by atoms with van der Waals surface area (Å²) < 4.78 is 2.64. The lowest BCUT2D eigenvalue weighted by Crippen LogP contribution is -2.10. The zero-order valence-corrected chi connectivity index (χ0v) is 11.1. The van der Waals surface area contributed by atoms with Gasteiger partial charge in [-0.3, -0.25) is 4.79 Å². The number of H-pyrrole nitrogens is 1. The molecule has 2 aromatic rings. The second kappa shape index (κ2) is 5.30. The van der Waals surface area contributed by atoms with E-state index in [9.17, 15) is 4.79 Å². The number of hydrogen-bond donors (Lipinski definition) is 2. The number of aryl methyl sites for hydroxylation is 2. The molecule has 3 N–H and O–H groups in total. The van der Waals surface area contributed by atoms with Crippen LogP contribution in [0.3, 0.4) is 0 Å². The number of aromatic amines is 1. The predicted octanol–water partition coefficient (Wildman–Crippen LogP) is 2.06. The van der Waals surface area contributed by atoms with Gasteiger partial charge in [0.2, 0.25) is 5.91 Å². The first-order valence-electron chi connectivity index (χ1n) is 5.92. The molecule has 2 rings (SSSR count). The zero-order chi connectivity index (χ0) is 13.1. The van der Waals surface area contributed by atoms with Crippen molar-refractivity contribution in [2.75, 3.05) is 0 Å². The van der Waals surface area contributed by atoms with E-state index in [0.717, 1.165) is 36.2 Å². The Kier molecular flexibility index (Phi) is 3.76. The number of nitrogens with two attached hydrogens (primary N) is 1. The number of nitrogens with one attached hydrogen (secondary N) is 1. The molecular weight excluding hydrogens is 248 g/mol. The summed E-state index contributed by atoms with van der Waals surface area (Å²) in [5.41, 5.74) is 7.89. The number of fused-ring (bicyclic) bond motifs is 1. The van der Waals surface area contributed by atoms with Gasteiger partial charge in [-0.05, 0) is 44.1 Å². The maximum absolute atomic E-state index is 10.7. The Hall–Kier alpha value is -1.69. The van der Waals surface area contributed by atoms with Crippen LogP contribution in [0, 0.1) is 11.7 Å². The van der Waals surface area contributed by atoms with E-state index in [1.54, 1.807) is 0 Å². The van der Waals surface area contributed by atoms with Crippen molar-refractivity contribution in [2.24, 2.45) is 5.73 Å². The molecule has 6 heteroatoms. The summed E-state index contributed by atoms with van der Waals surface area (Å²) >= 11 is 5.27. The van der Waals surface area contributed by atoms with Crippen LogP contribution in [0.5, 0.6) is 0 Å². The van der Waals surface area contributed by atoms with Gasteiger partial charge in [-0.1, -0.05) is 0 Å². The Bertz CT molecular complexity index is 629. The van der Waals surface area contributed by atoms with Crippen LogP contribution in [0.25, 0.3) is 11.2 Å². The molecule has 0 saturated carbocycles. The van der Waals surface area contributed by atoms with Crippen molar-refractivity contribution in [1.82, 2.24) is 14.5 Å². The Morgan fingerprint density at radius 1 is 1.50 bits per heavy atom. The lowest BCUT2D eigenvalue weighted by atomic mass is 10.2. The summed E-state index contributed by atoms with van der Waals surface area (Å²) in [7, 11) is 0. The number of carbonyl (C=O) groups is 1. The number of amides is 1. The van der Waals surface area contributed by atoms with Gasteiger partial charge in [0.1, 0.15) is 0 Å². The molecule has 0 saturated heterocycles. The highest BCUT2D eigenvalue weighted by Crippen LogP contribution is 2.13. The molecule has 0 aliphatic rings.